The minimum atomic E-state index is -4.64. The lowest BCUT2D eigenvalue weighted by atomic mass is 10.2. The van der Waals surface area contributed by atoms with E-state index >= 15 is 0 Å². The number of nitrogens with zero attached hydrogens (tertiary/aromatic N) is 3. The van der Waals surface area contributed by atoms with E-state index in [-0.39, 0.29) is 11.0 Å². The molecule has 1 heterocycles. The van der Waals surface area contributed by atoms with E-state index in [1.54, 1.807) is 0 Å². The topological polar surface area (TPSA) is 56.7 Å². The summed E-state index contributed by atoms with van der Waals surface area (Å²) in [6.45, 7) is 0. The van der Waals surface area contributed by atoms with E-state index in [4.69, 9.17) is 5.84 Å². The van der Waals surface area contributed by atoms with Crippen LogP contribution in [0.25, 0.3) is 0 Å². The molecule has 0 atom stereocenters. The third kappa shape index (κ3) is 3.16. The molecule has 1 aromatic carbocycles. The number of hydrogen-bond acceptors (Lipinski definition) is 4. The summed E-state index contributed by atoms with van der Waals surface area (Å²) in [7, 11) is 0. The molecular weight excluding hydrogens is 284 g/mol. The van der Waals surface area contributed by atoms with Gasteiger partial charge in [-0.05, 0) is 17.7 Å². The van der Waals surface area contributed by atoms with Crippen molar-refractivity contribution >= 4 is 11.8 Å². The molecule has 2 rings (SSSR count). The molecule has 0 amide bonds. The molecule has 0 fully saturated rings. The maximum atomic E-state index is 12.7. The summed E-state index contributed by atoms with van der Waals surface area (Å²) < 4.78 is 50.3. The van der Waals surface area contributed by atoms with E-state index in [1.165, 1.54) is 24.3 Å². The molecule has 0 bridgehead atoms. The number of thioether (sulfide) groups is 1. The van der Waals surface area contributed by atoms with Gasteiger partial charge in [0.1, 0.15) is 5.82 Å². The van der Waals surface area contributed by atoms with Gasteiger partial charge >= 0.3 is 6.18 Å². The average Bonchev–Trinajstić information content (AvgIpc) is 2.70. The highest BCUT2D eigenvalue weighted by molar-refractivity contribution is 7.98. The van der Waals surface area contributed by atoms with E-state index in [0.29, 0.717) is 10.4 Å². The monoisotopic (exact) mass is 292 g/mol. The Morgan fingerprint density at radius 1 is 1.16 bits per heavy atom. The second kappa shape index (κ2) is 5.08. The summed E-state index contributed by atoms with van der Waals surface area (Å²) in [6, 6.07) is 5.60. The van der Waals surface area contributed by atoms with Gasteiger partial charge in [-0.15, -0.1) is 10.2 Å². The fourth-order valence-electron chi connectivity index (χ4n) is 1.30. The van der Waals surface area contributed by atoms with E-state index in [9.17, 15) is 17.6 Å². The molecule has 2 N–H and O–H groups in total. The predicted molar refractivity (Wildman–Crippen MR) is 61.1 cm³/mol. The van der Waals surface area contributed by atoms with Gasteiger partial charge in [-0.2, -0.15) is 13.2 Å². The molecule has 19 heavy (non-hydrogen) atoms. The van der Waals surface area contributed by atoms with Crippen LogP contribution in [0.2, 0.25) is 0 Å². The van der Waals surface area contributed by atoms with Crippen molar-refractivity contribution < 1.29 is 17.6 Å². The smallest absolute Gasteiger partial charge is 0.335 e. The van der Waals surface area contributed by atoms with Crippen LogP contribution in [0.1, 0.15) is 11.4 Å². The second-order valence-electron chi connectivity index (χ2n) is 3.59. The van der Waals surface area contributed by atoms with Gasteiger partial charge < -0.3 is 5.84 Å². The quantitative estimate of drug-likeness (QED) is 0.536. The second-order valence-corrected chi connectivity index (χ2v) is 4.53. The Kier molecular flexibility index (Phi) is 3.65. The van der Waals surface area contributed by atoms with Crippen molar-refractivity contribution in [2.75, 3.05) is 5.84 Å². The van der Waals surface area contributed by atoms with Gasteiger partial charge in [0.05, 0.1) is 0 Å². The van der Waals surface area contributed by atoms with Gasteiger partial charge in [0.15, 0.2) is 0 Å². The van der Waals surface area contributed by atoms with E-state index in [2.05, 4.69) is 10.2 Å². The molecular formula is C10H8F4N4S. The number of benzene rings is 1. The Morgan fingerprint density at radius 2 is 1.79 bits per heavy atom. The number of nitrogens with two attached hydrogens (primary N) is 1. The largest absolute Gasteiger partial charge is 0.453 e. The number of alkyl halides is 3. The summed E-state index contributed by atoms with van der Waals surface area (Å²) in [5.74, 6) is 3.95. The Labute approximate surface area is 109 Å². The van der Waals surface area contributed by atoms with Gasteiger partial charge in [0.2, 0.25) is 5.16 Å². The van der Waals surface area contributed by atoms with Crippen molar-refractivity contribution in [2.24, 2.45) is 0 Å². The van der Waals surface area contributed by atoms with Crippen LogP contribution >= 0.6 is 11.8 Å². The van der Waals surface area contributed by atoms with Crippen molar-refractivity contribution in [3.05, 3.63) is 41.5 Å². The van der Waals surface area contributed by atoms with E-state index in [0.717, 1.165) is 17.3 Å². The highest BCUT2D eigenvalue weighted by atomic mass is 32.2. The number of hydrogen-bond donors (Lipinski definition) is 1. The lowest BCUT2D eigenvalue weighted by Crippen LogP contribution is -2.21. The van der Waals surface area contributed by atoms with Crippen LogP contribution in [0.15, 0.2) is 29.4 Å². The minimum absolute atomic E-state index is 0.0587. The van der Waals surface area contributed by atoms with Crippen molar-refractivity contribution in [1.82, 2.24) is 14.9 Å². The normalized spacial score (nSPS) is 11.8. The maximum absolute atomic E-state index is 12.7. The first kappa shape index (κ1) is 13.7. The Balaban J connectivity index is 2.08. The van der Waals surface area contributed by atoms with Gasteiger partial charge in [-0.25, -0.2) is 9.07 Å². The number of aromatic nitrogens is 3. The molecule has 0 saturated carbocycles. The zero-order valence-electron chi connectivity index (χ0n) is 9.36. The first-order valence-corrected chi connectivity index (χ1v) is 6.01. The molecule has 0 aliphatic heterocycles. The zero-order chi connectivity index (χ0) is 14.0. The fourth-order valence-corrected chi connectivity index (χ4v) is 2.11. The molecule has 0 radical (unpaired) electrons. The first-order chi connectivity index (χ1) is 8.88. The van der Waals surface area contributed by atoms with Crippen LogP contribution in [0.4, 0.5) is 17.6 Å². The summed E-state index contributed by atoms with van der Waals surface area (Å²) in [5, 5.41) is 6.31. The highest BCUT2D eigenvalue weighted by Crippen LogP contribution is 2.29. The van der Waals surface area contributed by atoms with Crippen LogP contribution in [0.3, 0.4) is 0 Å². The SMILES string of the molecule is Nn1c(SCc2ccc(F)cc2)nnc1C(F)(F)F. The zero-order valence-corrected chi connectivity index (χ0v) is 10.2. The number of nitrogen functional groups attached to an aromatic ring is 1. The van der Waals surface area contributed by atoms with Gasteiger partial charge in [-0.1, -0.05) is 23.9 Å². The first-order valence-electron chi connectivity index (χ1n) is 5.03. The van der Waals surface area contributed by atoms with E-state index in [1.807, 2.05) is 0 Å². The molecule has 0 spiro atoms. The molecule has 2 aromatic rings. The summed E-state index contributed by atoms with van der Waals surface area (Å²) in [4.78, 5) is 0. The maximum Gasteiger partial charge on any atom is 0.453 e. The molecule has 0 saturated heterocycles. The molecule has 0 unspecified atom stereocenters. The Morgan fingerprint density at radius 3 is 2.32 bits per heavy atom. The summed E-state index contributed by atoms with van der Waals surface area (Å²) >= 11 is 0.985. The van der Waals surface area contributed by atoms with Gasteiger partial charge in [0.25, 0.3) is 5.82 Å². The molecule has 0 aliphatic carbocycles. The van der Waals surface area contributed by atoms with Gasteiger partial charge in [-0.3, -0.25) is 0 Å². The predicted octanol–water partition coefficient (Wildman–Crippen LogP) is 2.44. The molecule has 1 aromatic heterocycles. The van der Waals surface area contributed by atoms with E-state index < -0.39 is 12.0 Å². The summed E-state index contributed by atoms with van der Waals surface area (Å²) in [6.07, 6.45) is -4.64. The lowest BCUT2D eigenvalue weighted by molar-refractivity contribution is -0.146. The number of halogens is 4. The third-order valence-electron chi connectivity index (χ3n) is 2.20. The molecule has 0 aliphatic rings. The third-order valence-corrected chi connectivity index (χ3v) is 3.21. The van der Waals surface area contributed by atoms with Crippen LogP contribution in [0, 0.1) is 5.82 Å². The van der Waals surface area contributed by atoms with Crippen LogP contribution in [-0.2, 0) is 11.9 Å². The Bertz CT molecular complexity index is 564. The van der Waals surface area contributed by atoms with Crippen LogP contribution in [0.5, 0.6) is 0 Å². The molecule has 9 heteroatoms. The number of rotatable bonds is 3. The van der Waals surface area contributed by atoms with Gasteiger partial charge in [0, 0.05) is 5.75 Å². The van der Waals surface area contributed by atoms with Crippen molar-refractivity contribution in [1.29, 1.82) is 0 Å². The average molecular weight is 292 g/mol. The van der Waals surface area contributed by atoms with Crippen molar-refractivity contribution in [3.8, 4) is 0 Å². The van der Waals surface area contributed by atoms with Crippen LogP contribution in [-0.4, -0.2) is 14.9 Å². The van der Waals surface area contributed by atoms with Crippen molar-refractivity contribution in [3.63, 3.8) is 0 Å². The fraction of sp³-hybridized carbons (Fsp3) is 0.200. The summed E-state index contributed by atoms with van der Waals surface area (Å²) in [5.41, 5.74) is 0.739. The minimum Gasteiger partial charge on any atom is -0.335 e. The lowest BCUT2D eigenvalue weighted by Gasteiger charge is -2.06. The Hall–Kier alpha value is -1.77. The van der Waals surface area contributed by atoms with Crippen LogP contribution < -0.4 is 5.84 Å². The highest BCUT2D eigenvalue weighted by Gasteiger charge is 2.38. The molecule has 4 nitrogen and oxygen atoms in total. The van der Waals surface area contributed by atoms with Crippen molar-refractivity contribution in [2.45, 2.75) is 17.1 Å². The standard InChI is InChI=1S/C10H8F4N4S/c11-7-3-1-6(2-4-7)5-19-9-17-16-8(18(9)15)10(12,13)14/h1-4H,5,15H2. The molecule has 102 valence electrons.